The van der Waals surface area contributed by atoms with Gasteiger partial charge in [0.05, 0.1) is 0 Å². The molecule has 2 amide bonds. The minimum Gasteiger partial charge on any atom is -0.347 e. The molecule has 1 fully saturated rings. The van der Waals surface area contributed by atoms with Crippen LogP contribution in [-0.2, 0) is 16.1 Å². The van der Waals surface area contributed by atoms with Gasteiger partial charge >= 0.3 is 11.8 Å². The largest absolute Gasteiger partial charge is 0.347 e. The molecule has 1 aromatic carbocycles. The molecule has 114 valence electrons. The Morgan fingerprint density at radius 3 is 2.29 bits per heavy atom. The van der Waals surface area contributed by atoms with E-state index in [4.69, 9.17) is 0 Å². The number of benzene rings is 1. The highest BCUT2D eigenvalue weighted by Gasteiger charge is 2.14. The molecule has 0 bridgehead atoms. The quantitative estimate of drug-likeness (QED) is 0.631. The van der Waals surface area contributed by atoms with Crippen LogP contribution in [0.5, 0.6) is 0 Å². The molecule has 2 rings (SSSR count). The molecule has 1 saturated heterocycles. The first-order valence-corrected chi connectivity index (χ1v) is 7.29. The van der Waals surface area contributed by atoms with Crippen molar-refractivity contribution >= 4 is 11.8 Å². The number of hydrogen-bond acceptors (Lipinski definition) is 4. The molecule has 0 saturated carbocycles. The second kappa shape index (κ2) is 8.39. The Hall–Kier alpha value is -1.92. The highest BCUT2D eigenvalue weighted by molar-refractivity contribution is 6.35. The minimum atomic E-state index is -0.563. The third kappa shape index (κ3) is 5.53. The third-order valence-electron chi connectivity index (χ3n) is 3.36. The third-order valence-corrected chi connectivity index (χ3v) is 3.36. The summed E-state index contributed by atoms with van der Waals surface area (Å²) in [6, 6.07) is 10.2. The monoisotopic (exact) mass is 290 g/mol. The van der Waals surface area contributed by atoms with Crippen molar-refractivity contribution in [3.63, 3.8) is 0 Å². The Morgan fingerprint density at radius 1 is 0.857 bits per heavy atom. The maximum atomic E-state index is 11.5. The molecular formula is C15H22N4O2. The molecule has 0 radical (unpaired) electrons. The van der Waals surface area contributed by atoms with Gasteiger partial charge in [-0.3, -0.25) is 14.5 Å². The van der Waals surface area contributed by atoms with Crippen molar-refractivity contribution in [2.24, 2.45) is 0 Å². The molecule has 0 atom stereocenters. The van der Waals surface area contributed by atoms with Gasteiger partial charge in [0.2, 0.25) is 0 Å². The zero-order valence-corrected chi connectivity index (χ0v) is 12.1. The van der Waals surface area contributed by atoms with Gasteiger partial charge in [-0.1, -0.05) is 30.3 Å². The van der Waals surface area contributed by atoms with Crippen LogP contribution < -0.4 is 16.0 Å². The molecule has 0 aliphatic carbocycles. The molecule has 6 heteroatoms. The number of nitrogens with zero attached hydrogens (tertiary/aromatic N) is 1. The van der Waals surface area contributed by atoms with Crippen LogP contribution in [0.3, 0.4) is 0 Å². The van der Waals surface area contributed by atoms with Crippen molar-refractivity contribution in [3.05, 3.63) is 35.9 Å². The van der Waals surface area contributed by atoms with E-state index in [9.17, 15) is 9.59 Å². The van der Waals surface area contributed by atoms with Crippen molar-refractivity contribution < 1.29 is 9.59 Å². The summed E-state index contributed by atoms with van der Waals surface area (Å²) in [5, 5.41) is 8.49. The van der Waals surface area contributed by atoms with Crippen LogP contribution in [-0.4, -0.2) is 56.0 Å². The smallest absolute Gasteiger partial charge is 0.309 e. The fraction of sp³-hybridized carbons (Fsp3) is 0.467. The van der Waals surface area contributed by atoms with Crippen LogP contribution in [0.2, 0.25) is 0 Å². The number of carbonyl (C=O) groups is 2. The number of nitrogens with one attached hydrogen (secondary N) is 3. The molecule has 0 unspecified atom stereocenters. The van der Waals surface area contributed by atoms with Crippen LogP contribution in [0, 0.1) is 0 Å². The van der Waals surface area contributed by atoms with Gasteiger partial charge in [0.25, 0.3) is 0 Å². The predicted octanol–water partition coefficient (Wildman–Crippen LogP) is -0.676. The van der Waals surface area contributed by atoms with E-state index in [1.54, 1.807) is 0 Å². The van der Waals surface area contributed by atoms with Crippen LogP contribution in [0.25, 0.3) is 0 Å². The SMILES string of the molecule is O=C1NCCNCCN(Cc2ccccc2)CCNC1=O. The van der Waals surface area contributed by atoms with Gasteiger partial charge < -0.3 is 16.0 Å². The second-order valence-electron chi connectivity index (χ2n) is 5.02. The average Bonchev–Trinajstić information content (AvgIpc) is 2.49. The summed E-state index contributed by atoms with van der Waals surface area (Å²) in [6.07, 6.45) is 0. The van der Waals surface area contributed by atoms with Gasteiger partial charge in [0.1, 0.15) is 0 Å². The lowest BCUT2D eigenvalue weighted by atomic mass is 10.2. The zero-order chi connectivity index (χ0) is 14.9. The fourth-order valence-corrected chi connectivity index (χ4v) is 2.23. The van der Waals surface area contributed by atoms with Crippen LogP contribution in [0.4, 0.5) is 0 Å². The van der Waals surface area contributed by atoms with Gasteiger partial charge in [-0.15, -0.1) is 0 Å². The van der Waals surface area contributed by atoms with E-state index in [1.807, 2.05) is 18.2 Å². The maximum Gasteiger partial charge on any atom is 0.309 e. The highest BCUT2D eigenvalue weighted by Crippen LogP contribution is 2.03. The molecule has 0 spiro atoms. The molecule has 0 aromatic heterocycles. The summed E-state index contributed by atoms with van der Waals surface area (Å²) in [5.74, 6) is -1.12. The topological polar surface area (TPSA) is 73.5 Å². The van der Waals surface area contributed by atoms with E-state index in [-0.39, 0.29) is 0 Å². The Bertz CT molecular complexity index is 464. The molecular weight excluding hydrogens is 268 g/mol. The second-order valence-corrected chi connectivity index (χ2v) is 5.02. The first-order chi connectivity index (χ1) is 10.3. The van der Waals surface area contributed by atoms with Crippen molar-refractivity contribution in [2.45, 2.75) is 6.54 Å². The van der Waals surface area contributed by atoms with Gasteiger partial charge in [0, 0.05) is 45.8 Å². The van der Waals surface area contributed by atoms with Gasteiger partial charge in [-0.25, -0.2) is 0 Å². The van der Waals surface area contributed by atoms with Gasteiger partial charge in [-0.2, -0.15) is 0 Å². The summed E-state index contributed by atoms with van der Waals surface area (Å²) < 4.78 is 0. The number of amides is 2. The summed E-state index contributed by atoms with van der Waals surface area (Å²) in [6.45, 7) is 4.91. The highest BCUT2D eigenvalue weighted by atomic mass is 16.2. The fourth-order valence-electron chi connectivity index (χ4n) is 2.23. The van der Waals surface area contributed by atoms with Gasteiger partial charge in [-0.05, 0) is 5.56 Å². The van der Waals surface area contributed by atoms with E-state index < -0.39 is 11.8 Å². The zero-order valence-electron chi connectivity index (χ0n) is 12.1. The van der Waals surface area contributed by atoms with E-state index in [2.05, 4.69) is 33.0 Å². The molecule has 1 aromatic rings. The molecule has 6 nitrogen and oxygen atoms in total. The maximum absolute atomic E-state index is 11.5. The lowest BCUT2D eigenvalue weighted by Gasteiger charge is -2.23. The van der Waals surface area contributed by atoms with E-state index >= 15 is 0 Å². The molecule has 1 aliphatic rings. The summed E-state index contributed by atoms with van der Waals surface area (Å²) in [4.78, 5) is 25.2. The first kappa shape index (κ1) is 15.5. The van der Waals surface area contributed by atoms with E-state index in [1.165, 1.54) is 5.56 Å². The Labute approximate surface area is 124 Å². The van der Waals surface area contributed by atoms with Crippen molar-refractivity contribution in [1.29, 1.82) is 0 Å². The van der Waals surface area contributed by atoms with E-state index in [0.717, 1.165) is 26.2 Å². The van der Waals surface area contributed by atoms with E-state index in [0.29, 0.717) is 19.6 Å². The molecule has 1 aliphatic heterocycles. The minimum absolute atomic E-state index is 0.463. The van der Waals surface area contributed by atoms with Crippen molar-refractivity contribution in [2.75, 3.05) is 39.3 Å². The standard InChI is InChI=1S/C15H22N4O2/c20-14-15(21)18-9-11-19(10-8-16-6-7-17-14)12-13-4-2-1-3-5-13/h1-5,16H,6-12H2,(H,17,20)(H,18,21). The Kier molecular flexibility index (Phi) is 6.18. The number of hydrogen-bond donors (Lipinski definition) is 3. The lowest BCUT2D eigenvalue weighted by molar-refractivity contribution is -0.139. The van der Waals surface area contributed by atoms with Gasteiger partial charge in [0.15, 0.2) is 0 Å². The normalized spacial score (nSPS) is 19.0. The molecule has 3 N–H and O–H groups in total. The first-order valence-electron chi connectivity index (χ1n) is 7.29. The number of carbonyl (C=O) groups excluding carboxylic acids is 2. The summed E-state index contributed by atoms with van der Waals surface area (Å²) in [7, 11) is 0. The molecule has 1 heterocycles. The number of rotatable bonds is 2. The average molecular weight is 290 g/mol. The Morgan fingerprint density at radius 2 is 1.52 bits per heavy atom. The van der Waals surface area contributed by atoms with Crippen LogP contribution in [0.1, 0.15) is 5.56 Å². The Balaban J connectivity index is 1.90. The summed E-state index contributed by atoms with van der Waals surface area (Å²) in [5.41, 5.74) is 1.24. The van der Waals surface area contributed by atoms with Crippen LogP contribution >= 0.6 is 0 Å². The van der Waals surface area contributed by atoms with Crippen molar-refractivity contribution in [3.8, 4) is 0 Å². The van der Waals surface area contributed by atoms with Crippen LogP contribution in [0.15, 0.2) is 30.3 Å². The lowest BCUT2D eigenvalue weighted by Crippen LogP contribution is -2.46. The molecule has 21 heavy (non-hydrogen) atoms. The van der Waals surface area contributed by atoms with Crippen molar-refractivity contribution in [1.82, 2.24) is 20.9 Å². The predicted molar refractivity (Wildman–Crippen MR) is 80.6 cm³/mol. The summed E-state index contributed by atoms with van der Waals surface area (Å²) >= 11 is 0.